The summed E-state index contributed by atoms with van der Waals surface area (Å²) in [6.07, 6.45) is 9.29. The van der Waals surface area contributed by atoms with Gasteiger partial charge in [-0.15, -0.1) is 0 Å². The van der Waals surface area contributed by atoms with Crippen LogP contribution in [0.15, 0.2) is 6.20 Å². The Morgan fingerprint density at radius 2 is 2.04 bits per heavy atom. The molecule has 1 saturated carbocycles. The first-order chi connectivity index (χ1) is 11.4. The van der Waals surface area contributed by atoms with Crippen molar-refractivity contribution < 1.29 is 4.74 Å². The summed E-state index contributed by atoms with van der Waals surface area (Å²) < 4.78 is 6.44. The second-order valence-electron chi connectivity index (χ2n) is 8.46. The Labute approximate surface area is 146 Å². The Bertz CT molecular complexity index is 531. The van der Waals surface area contributed by atoms with E-state index in [0.29, 0.717) is 5.92 Å². The highest BCUT2D eigenvalue weighted by Gasteiger charge is 2.46. The number of nitrogens with one attached hydrogen (secondary N) is 2. The molecule has 0 bridgehead atoms. The highest BCUT2D eigenvalue weighted by atomic mass is 16.5. The summed E-state index contributed by atoms with van der Waals surface area (Å²) in [5, 5.41) is 10.9. The van der Waals surface area contributed by atoms with Crippen molar-refractivity contribution in [1.29, 1.82) is 0 Å². The van der Waals surface area contributed by atoms with E-state index in [4.69, 9.17) is 4.74 Å². The van der Waals surface area contributed by atoms with Gasteiger partial charge in [-0.25, -0.2) is 0 Å². The van der Waals surface area contributed by atoms with Crippen LogP contribution in [0.3, 0.4) is 0 Å². The number of hydrogen-bond donors (Lipinski definition) is 2. The van der Waals surface area contributed by atoms with Gasteiger partial charge < -0.3 is 15.0 Å². The summed E-state index contributed by atoms with van der Waals surface area (Å²) in [6, 6.07) is 0. The molecule has 2 heterocycles. The lowest BCUT2D eigenvalue weighted by molar-refractivity contribution is -0.105. The zero-order valence-corrected chi connectivity index (χ0v) is 15.8. The van der Waals surface area contributed by atoms with Gasteiger partial charge in [-0.05, 0) is 66.5 Å². The fraction of sp³-hybridized carbons (Fsp3) is 0.842. The van der Waals surface area contributed by atoms with Gasteiger partial charge in [0.05, 0.1) is 16.9 Å². The summed E-state index contributed by atoms with van der Waals surface area (Å²) in [4.78, 5) is 2.36. The van der Waals surface area contributed by atoms with Crippen molar-refractivity contribution in [2.24, 2.45) is 0 Å². The monoisotopic (exact) mass is 334 g/mol. The van der Waals surface area contributed by atoms with Crippen molar-refractivity contribution in [2.75, 3.05) is 27.2 Å². The Morgan fingerprint density at radius 1 is 1.29 bits per heavy atom. The first kappa shape index (κ1) is 17.9. The first-order valence-corrected chi connectivity index (χ1v) is 9.49. The lowest BCUT2D eigenvalue weighted by atomic mass is 9.75. The molecule has 0 amide bonds. The predicted molar refractivity (Wildman–Crippen MR) is 97.2 cm³/mol. The Balaban J connectivity index is 1.58. The molecule has 2 N–H and O–H groups in total. The van der Waals surface area contributed by atoms with Gasteiger partial charge in [0.1, 0.15) is 0 Å². The molecule has 2 fully saturated rings. The molecule has 0 aromatic carbocycles. The van der Waals surface area contributed by atoms with Crippen molar-refractivity contribution >= 4 is 0 Å². The number of hydrogen-bond acceptors (Lipinski definition) is 4. The molecule has 0 radical (unpaired) electrons. The van der Waals surface area contributed by atoms with Gasteiger partial charge in [0, 0.05) is 37.3 Å². The third-order valence-electron chi connectivity index (χ3n) is 5.90. The average molecular weight is 335 g/mol. The van der Waals surface area contributed by atoms with Gasteiger partial charge in [-0.2, -0.15) is 5.10 Å². The van der Waals surface area contributed by atoms with Crippen LogP contribution < -0.4 is 5.32 Å². The summed E-state index contributed by atoms with van der Waals surface area (Å²) in [5.41, 5.74) is 2.88. The van der Waals surface area contributed by atoms with E-state index < -0.39 is 0 Å². The maximum atomic E-state index is 6.44. The van der Waals surface area contributed by atoms with Crippen LogP contribution in [0.25, 0.3) is 0 Å². The Kier molecular flexibility index (Phi) is 5.33. The maximum Gasteiger partial charge on any atom is 0.0697 e. The molecule has 2 aliphatic rings. The van der Waals surface area contributed by atoms with E-state index in [9.17, 15) is 0 Å². The Hall–Kier alpha value is -0.910. The quantitative estimate of drug-likeness (QED) is 0.839. The van der Waals surface area contributed by atoms with Gasteiger partial charge in [-0.1, -0.05) is 0 Å². The smallest absolute Gasteiger partial charge is 0.0697 e. The molecule has 3 rings (SSSR count). The van der Waals surface area contributed by atoms with E-state index in [2.05, 4.69) is 47.5 Å². The standard InChI is InChI=1S/C19H34N4O/c1-18(2)9-10-19(24-18)7-5-15(6-8-19)17-16(13-21-22-17)14-23(4)12-11-20-3/h13,15,20H,5-12,14H2,1-4H3,(H,21,22)/t15-,19-. The van der Waals surface area contributed by atoms with Crippen LogP contribution in [0.1, 0.15) is 69.5 Å². The lowest BCUT2D eigenvalue weighted by Gasteiger charge is -2.38. The van der Waals surface area contributed by atoms with Crippen LogP contribution in [0.5, 0.6) is 0 Å². The number of rotatable bonds is 6. The van der Waals surface area contributed by atoms with Crippen LogP contribution in [-0.4, -0.2) is 53.5 Å². The molecule has 136 valence electrons. The highest BCUT2D eigenvalue weighted by molar-refractivity contribution is 5.21. The van der Waals surface area contributed by atoms with Gasteiger partial charge in [0.25, 0.3) is 0 Å². The molecule has 1 saturated heterocycles. The summed E-state index contributed by atoms with van der Waals surface area (Å²) in [6.45, 7) is 7.51. The van der Waals surface area contributed by atoms with E-state index in [-0.39, 0.29) is 11.2 Å². The zero-order valence-electron chi connectivity index (χ0n) is 15.8. The number of nitrogens with zero attached hydrogens (tertiary/aromatic N) is 2. The van der Waals surface area contributed by atoms with Crippen LogP contribution in [0.4, 0.5) is 0 Å². The largest absolute Gasteiger partial charge is 0.369 e. The fourth-order valence-corrected chi connectivity index (χ4v) is 4.46. The molecule has 0 unspecified atom stereocenters. The predicted octanol–water partition coefficient (Wildman–Crippen LogP) is 3.05. The normalized spacial score (nSPS) is 29.6. The number of likely N-dealkylation sites (N-methyl/N-ethyl adjacent to an activating group) is 2. The second-order valence-corrected chi connectivity index (χ2v) is 8.46. The van der Waals surface area contributed by atoms with Crippen molar-refractivity contribution in [1.82, 2.24) is 20.4 Å². The van der Waals surface area contributed by atoms with Gasteiger partial charge in [0.2, 0.25) is 0 Å². The molecule has 1 aliphatic carbocycles. The van der Waals surface area contributed by atoms with E-state index in [0.717, 1.165) is 19.6 Å². The second kappa shape index (κ2) is 7.14. The maximum absolute atomic E-state index is 6.44. The molecule has 5 nitrogen and oxygen atoms in total. The molecule has 24 heavy (non-hydrogen) atoms. The van der Waals surface area contributed by atoms with Crippen LogP contribution in [-0.2, 0) is 11.3 Å². The minimum absolute atomic E-state index is 0.0698. The minimum atomic E-state index is 0.0698. The molecule has 5 heteroatoms. The van der Waals surface area contributed by atoms with Crippen LogP contribution in [0.2, 0.25) is 0 Å². The number of H-pyrrole nitrogens is 1. The van der Waals surface area contributed by atoms with Gasteiger partial charge in [0.15, 0.2) is 0 Å². The first-order valence-electron chi connectivity index (χ1n) is 9.49. The zero-order chi connectivity index (χ0) is 17.2. The molecule has 0 atom stereocenters. The van der Waals surface area contributed by atoms with Gasteiger partial charge >= 0.3 is 0 Å². The minimum Gasteiger partial charge on any atom is -0.369 e. The van der Waals surface area contributed by atoms with Crippen molar-refractivity contribution in [3.8, 4) is 0 Å². The third-order valence-corrected chi connectivity index (χ3v) is 5.90. The summed E-state index contributed by atoms with van der Waals surface area (Å²) in [7, 11) is 4.18. The SMILES string of the molecule is CNCCN(C)Cc1c[nH]nc1[C@H]1CC[C@@]2(CCC(C)(C)O2)CC1. The number of aromatic amines is 1. The number of ether oxygens (including phenoxy) is 1. The van der Waals surface area contributed by atoms with Crippen molar-refractivity contribution in [2.45, 2.75) is 76.0 Å². The summed E-state index contributed by atoms with van der Waals surface area (Å²) >= 11 is 0. The summed E-state index contributed by atoms with van der Waals surface area (Å²) in [5.74, 6) is 0.585. The molecule has 1 aromatic heterocycles. The van der Waals surface area contributed by atoms with Crippen LogP contribution >= 0.6 is 0 Å². The third kappa shape index (κ3) is 4.01. The van der Waals surface area contributed by atoms with Crippen LogP contribution in [0, 0.1) is 0 Å². The molecular formula is C19H34N4O. The molecule has 1 spiro atoms. The van der Waals surface area contributed by atoms with Crippen molar-refractivity contribution in [3.05, 3.63) is 17.5 Å². The lowest BCUT2D eigenvalue weighted by Crippen LogP contribution is -2.36. The van der Waals surface area contributed by atoms with E-state index in [1.807, 2.05) is 7.05 Å². The number of aromatic nitrogens is 2. The molecule has 1 aliphatic heterocycles. The molecular weight excluding hydrogens is 300 g/mol. The Morgan fingerprint density at radius 3 is 2.67 bits per heavy atom. The fourth-order valence-electron chi connectivity index (χ4n) is 4.46. The highest BCUT2D eigenvalue weighted by Crippen LogP contribution is 2.49. The van der Waals surface area contributed by atoms with E-state index >= 15 is 0 Å². The van der Waals surface area contributed by atoms with E-state index in [1.165, 1.54) is 49.8 Å². The topological polar surface area (TPSA) is 53.2 Å². The average Bonchev–Trinajstić information content (AvgIpc) is 3.11. The molecule has 1 aromatic rings. The van der Waals surface area contributed by atoms with E-state index in [1.54, 1.807) is 0 Å². The van der Waals surface area contributed by atoms with Crippen molar-refractivity contribution in [3.63, 3.8) is 0 Å². The van der Waals surface area contributed by atoms with Gasteiger partial charge in [-0.3, -0.25) is 5.10 Å².